The van der Waals surface area contributed by atoms with Crippen molar-refractivity contribution in [3.63, 3.8) is 0 Å². The summed E-state index contributed by atoms with van der Waals surface area (Å²) in [6.45, 7) is 1.40. The predicted molar refractivity (Wildman–Crippen MR) is 72.9 cm³/mol. The first kappa shape index (κ1) is 14.6. The first-order valence-corrected chi connectivity index (χ1v) is 6.57. The van der Waals surface area contributed by atoms with Crippen LogP contribution >= 0.6 is 0 Å². The molecule has 0 spiro atoms. The van der Waals surface area contributed by atoms with Gasteiger partial charge in [-0.1, -0.05) is 12.8 Å². The molecule has 0 radical (unpaired) electrons. The average molecular weight is 249 g/mol. The van der Waals surface area contributed by atoms with Gasteiger partial charge in [0.25, 0.3) is 0 Å². The van der Waals surface area contributed by atoms with E-state index in [1.807, 2.05) is 19.2 Å². The molecule has 0 aliphatic heterocycles. The smallest absolute Gasteiger partial charge is 0.222 e. The lowest BCUT2D eigenvalue weighted by Gasteiger charge is -2.17. The van der Waals surface area contributed by atoms with E-state index in [1.165, 1.54) is 0 Å². The molecular formula is C14H23N3O. The number of amides is 1. The second kappa shape index (κ2) is 8.64. The van der Waals surface area contributed by atoms with Gasteiger partial charge in [0.2, 0.25) is 5.91 Å². The highest BCUT2D eigenvalue weighted by Gasteiger charge is 2.08. The van der Waals surface area contributed by atoms with Crippen LogP contribution in [0, 0.1) is 0 Å². The summed E-state index contributed by atoms with van der Waals surface area (Å²) < 4.78 is 0. The van der Waals surface area contributed by atoms with Gasteiger partial charge in [-0.15, -0.1) is 0 Å². The molecule has 0 aromatic carbocycles. The van der Waals surface area contributed by atoms with E-state index in [0.717, 1.165) is 37.8 Å². The van der Waals surface area contributed by atoms with Gasteiger partial charge in [-0.05, 0) is 37.1 Å². The fourth-order valence-corrected chi connectivity index (χ4v) is 1.82. The normalized spacial score (nSPS) is 10.3. The largest absolute Gasteiger partial charge is 0.341 e. The molecule has 0 saturated heterocycles. The predicted octanol–water partition coefficient (Wildman–Crippen LogP) is 1.95. The molecule has 0 aliphatic rings. The average Bonchev–Trinajstić information content (AvgIpc) is 2.39. The molecule has 0 saturated carbocycles. The second-order valence-electron chi connectivity index (χ2n) is 4.56. The Kier molecular flexibility index (Phi) is 7.03. The van der Waals surface area contributed by atoms with E-state index in [4.69, 9.17) is 5.73 Å². The molecule has 18 heavy (non-hydrogen) atoms. The van der Waals surface area contributed by atoms with Crippen molar-refractivity contribution in [1.82, 2.24) is 9.88 Å². The zero-order chi connectivity index (χ0) is 13.2. The van der Waals surface area contributed by atoms with Crippen LogP contribution in [0.15, 0.2) is 24.5 Å². The Morgan fingerprint density at radius 1 is 1.22 bits per heavy atom. The first-order chi connectivity index (χ1) is 8.74. The third-order valence-corrected chi connectivity index (χ3v) is 2.94. The number of nitrogens with two attached hydrogens (primary N) is 1. The van der Waals surface area contributed by atoms with Gasteiger partial charge in [-0.3, -0.25) is 9.78 Å². The van der Waals surface area contributed by atoms with Crippen molar-refractivity contribution in [3.8, 4) is 0 Å². The van der Waals surface area contributed by atoms with Crippen molar-refractivity contribution in [2.24, 2.45) is 5.73 Å². The molecule has 0 aliphatic carbocycles. The quantitative estimate of drug-likeness (QED) is 0.716. The van der Waals surface area contributed by atoms with E-state index in [-0.39, 0.29) is 5.91 Å². The minimum absolute atomic E-state index is 0.208. The van der Waals surface area contributed by atoms with E-state index in [1.54, 1.807) is 17.3 Å². The highest BCUT2D eigenvalue weighted by molar-refractivity contribution is 5.75. The van der Waals surface area contributed by atoms with Gasteiger partial charge < -0.3 is 10.6 Å². The number of unbranched alkanes of at least 4 members (excludes halogenated alkanes) is 3. The molecule has 1 rings (SSSR count). The van der Waals surface area contributed by atoms with Crippen LogP contribution in [0.2, 0.25) is 0 Å². The summed E-state index contributed by atoms with van der Waals surface area (Å²) in [5.41, 5.74) is 6.54. The number of hydrogen-bond acceptors (Lipinski definition) is 3. The van der Waals surface area contributed by atoms with Crippen LogP contribution in [0.5, 0.6) is 0 Å². The molecule has 0 fully saturated rings. The Balaban J connectivity index is 2.21. The maximum absolute atomic E-state index is 11.9. The fraction of sp³-hybridized carbons (Fsp3) is 0.571. The van der Waals surface area contributed by atoms with Crippen LogP contribution < -0.4 is 5.73 Å². The van der Waals surface area contributed by atoms with Crippen LogP contribution in [-0.4, -0.2) is 29.4 Å². The third kappa shape index (κ3) is 5.77. The molecule has 2 N–H and O–H groups in total. The third-order valence-electron chi connectivity index (χ3n) is 2.94. The summed E-state index contributed by atoms with van der Waals surface area (Å²) >= 11 is 0. The van der Waals surface area contributed by atoms with E-state index < -0.39 is 0 Å². The number of carbonyl (C=O) groups excluding carboxylic acids is 1. The fourth-order valence-electron chi connectivity index (χ4n) is 1.82. The molecule has 1 heterocycles. The Hall–Kier alpha value is -1.42. The molecule has 4 nitrogen and oxygen atoms in total. The molecule has 100 valence electrons. The first-order valence-electron chi connectivity index (χ1n) is 6.57. The summed E-state index contributed by atoms with van der Waals surface area (Å²) in [4.78, 5) is 17.6. The van der Waals surface area contributed by atoms with E-state index in [0.29, 0.717) is 13.0 Å². The molecule has 0 unspecified atom stereocenters. The van der Waals surface area contributed by atoms with Crippen molar-refractivity contribution < 1.29 is 4.79 Å². The summed E-state index contributed by atoms with van der Waals surface area (Å²) in [5, 5.41) is 0. The monoisotopic (exact) mass is 249 g/mol. The summed E-state index contributed by atoms with van der Waals surface area (Å²) in [6.07, 6.45) is 8.36. The second-order valence-corrected chi connectivity index (χ2v) is 4.56. The van der Waals surface area contributed by atoms with Gasteiger partial charge in [0, 0.05) is 32.4 Å². The summed E-state index contributed by atoms with van der Waals surface area (Å²) in [6, 6.07) is 3.87. The zero-order valence-corrected chi connectivity index (χ0v) is 11.1. The SMILES string of the molecule is CN(Cc1ccncc1)C(=O)CCCCCCN. The molecule has 1 aromatic rings. The maximum atomic E-state index is 11.9. The van der Waals surface area contributed by atoms with Crippen molar-refractivity contribution in [2.45, 2.75) is 38.6 Å². The lowest BCUT2D eigenvalue weighted by molar-refractivity contribution is -0.130. The van der Waals surface area contributed by atoms with Crippen LogP contribution in [0.1, 0.15) is 37.7 Å². The van der Waals surface area contributed by atoms with Gasteiger partial charge in [0.1, 0.15) is 0 Å². The maximum Gasteiger partial charge on any atom is 0.222 e. The minimum atomic E-state index is 0.208. The lowest BCUT2D eigenvalue weighted by atomic mass is 10.1. The number of hydrogen-bond donors (Lipinski definition) is 1. The number of aromatic nitrogens is 1. The number of nitrogens with zero attached hydrogens (tertiary/aromatic N) is 2. The van der Waals surface area contributed by atoms with E-state index in [2.05, 4.69) is 4.98 Å². The molecular weight excluding hydrogens is 226 g/mol. The molecule has 0 bridgehead atoms. The van der Waals surface area contributed by atoms with Crippen LogP contribution in [-0.2, 0) is 11.3 Å². The van der Waals surface area contributed by atoms with Crippen LogP contribution in [0.25, 0.3) is 0 Å². The van der Waals surface area contributed by atoms with E-state index in [9.17, 15) is 4.79 Å². The van der Waals surface area contributed by atoms with Crippen LogP contribution in [0.3, 0.4) is 0 Å². The van der Waals surface area contributed by atoms with Gasteiger partial charge in [-0.25, -0.2) is 0 Å². The Bertz CT molecular complexity index is 340. The summed E-state index contributed by atoms with van der Waals surface area (Å²) in [7, 11) is 1.85. The Morgan fingerprint density at radius 2 is 1.89 bits per heavy atom. The lowest BCUT2D eigenvalue weighted by Crippen LogP contribution is -2.25. The van der Waals surface area contributed by atoms with Crippen molar-refractivity contribution in [2.75, 3.05) is 13.6 Å². The number of rotatable bonds is 8. The van der Waals surface area contributed by atoms with Crippen molar-refractivity contribution in [3.05, 3.63) is 30.1 Å². The summed E-state index contributed by atoms with van der Waals surface area (Å²) in [5.74, 6) is 0.208. The molecule has 1 aromatic heterocycles. The van der Waals surface area contributed by atoms with Gasteiger partial charge >= 0.3 is 0 Å². The number of pyridine rings is 1. The number of carbonyl (C=O) groups is 1. The van der Waals surface area contributed by atoms with Crippen molar-refractivity contribution >= 4 is 5.91 Å². The van der Waals surface area contributed by atoms with E-state index >= 15 is 0 Å². The standard InChI is InChI=1S/C14H23N3O/c1-17(12-13-7-10-16-11-8-13)14(18)6-4-2-3-5-9-15/h7-8,10-11H,2-6,9,12,15H2,1H3. The molecule has 4 heteroatoms. The highest BCUT2D eigenvalue weighted by atomic mass is 16.2. The van der Waals surface area contributed by atoms with Crippen LogP contribution in [0.4, 0.5) is 0 Å². The zero-order valence-electron chi connectivity index (χ0n) is 11.1. The molecule has 1 amide bonds. The Labute approximate surface area is 109 Å². The van der Waals surface area contributed by atoms with Gasteiger partial charge in [0.15, 0.2) is 0 Å². The van der Waals surface area contributed by atoms with Gasteiger partial charge in [-0.2, -0.15) is 0 Å². The highest BCUT2D eigenvalue weighted by Crippen LogP contribution is 2.07. The minimum Gasteiger partial charge on any atom is -0.341 e. The topological polar surface area (TPSA) is 59.2 Å². The Morgan fingerprint density at radius 3 is 2.56 bits per heavy atom. The molecule has 0 atom stereocenters. The van der Waals surface area contributed by atoms with Crippen molar-refractivity contribution in [1.29, 1.82) is 0 Å². The van der Waals surface area contributed by atoms with Gasteiger partial charge in [0.05, 0.1) is 0 Å².